The van der Waals surface area contributed by atoms with E-state index < -0.39 is 109 Å². The Bertz CT molecular complexity index is 2010. The van der Waals surface area contributed by atoms with Gasteiger partial charge in [0, 0.05) is 24.9 Å². The number of esters is 4. The quantitative estimate of drug-likeness (QED) is 0.103. The Morgan fingerprint density at radius 3 is 1.13 bits per heavy atom. The van der Waals surface area contributed by atoms with Crippen LogP contribution >= 0.6 is 0 Å². The summed E-state index contributed by atoms with van der Waals surface area (Å²) < 4.78 is 31.7. The van der Waals surface area contributed by atoms with Gasteiger partial charge in [0.2, 0.25) is 23.6 Å². The minimum Gasteiger partial charge on any atom is -0.461 e. The molecule has 70 heavy (non-hydrogen) atoms. The number of carbonyl (C=O) groups is 10. The van der Waals surface area contributed by atoms with E-state index in [0.717, 1.165) is 20.9 Å². The summed E-state index contributed by atoms with van der Waals surface area (Å²) in [5.41, 5.74) is -0.348. The summed E-state index contributed by atoms with van der Waals surface area (Å²) in [6.45, 7) is 10.3. The maximum absolute atomic E-state index is 13.3. The van der Waals surface area contributed by atoms with Gasteiger partial charge in [-0.25, -0.2) is 29.0 Å². The SMILES string of the molecule is CC(C(C)N1CC(=O)N(COC(=O)C(CCC(=O)OCc2ccccc2)NC(=O)OC(C)(C)C)C(=O)C1)N1CC(=O)N(COC(=O)C(CCC(=O)OCc2ccccc2)NC(=O)OC(C)(C)C)C(=O)C1. The number of rotatable bonds is 21. The van der Waals surface area contributed by atoms with E-state index in [1.165, 1.54) is 0 Å². The molecule has 22 heteroatoms. The fraction of sp³-hybridized carbons (Fsp3) is 0.542. The summed E-state index contributed by atoms with van der Waals surface area (Å²) >= 11 is 0. The molecular formula is C48H64N6O16. The van der Waals surface area contributed by atoms with Gasteiger partial charge in [0.25, 0.3) is 0 Å². The Balaban J connectivity index is 1.28. The van der Waals surface area contributed by atoms with E-state index in [-0.39, 0.29) is 65.1 Å². The monoisotopic (exact) mass is 980 g/mol. The van der Waals surface area contributed by atoms with Crippen molar-refractivity contribution in [1.29, 1.82) is 0 Å². The molecule has 2 aromatic carbocycles. The first-order valence-corrected chi connectivity index (χ1v) is 22.7. The van der Waals surface area contributed by atoms with Crippen molar-refractivity contribution in [1.82, 2.24) is 30.2 Å². The summed E-state index contributed by atoms with van der Waals surface area (Å²) in [6, 6.07) is 13.9. The molecule has 0 bridgehead atoms. The van der Waals surface area contributed by atoms with Gasteiger partial charge in [-0.15, -0.1) is 0 Å². The van der Waals surface area contributed by atoms with Crippen LogP contribution in [0, 0.1) is 0 Å². The highest BCUT2D eigenvalue weighted by Crippen LogP contribution is 2.19. The summed E-state index contributed by atoms with van der Waals surface area (Å²) in [4.78, 5) is 135. The fourth-order valence-corrected chi connectivity index (χ4v) is 6.90. The van der Waals surface area contributed by atoms with Crippen molar-refractivity contribution >= 4 is 59.7 Å². The molecule has 0 aromatic heterocycles. The normalized spacial score (nSPS) is 16.6. The third-order valence-corrected chi connectivity index (χ3v) is 10.8. The molecule has 2 N–H and O–H groups in total. The molecule has 0 radical (unpaired) electrons. The summed E-state index contributed by atoms with van der Waals surface area (Å²) in [7, 11) is 0. The van der Waals surface area contributed by atoms with Crippen molar-refractivity contribution in [2.24, 2.45) is 0 Å². The standard InChI is InChI=1S/C48H64N6O16/c1-31(51-23-37(55)53(38(56)24-51)29-67-43(61)35(49-45(63)69-47(3,4)5)19-21-41(59)65-27-33-15-11-9-12-16-33)32(2)52-25-39(57)54(40(58)26-52)30-68-44(62)36(50-46(64)70-48(6,7)8)20-22-42(60)66-28-34-17-13-10-14-18-34/h9-18,31-32,35-36H,19-30H2,1-8H3,(H,49,63)(H,50,64). The molecule has 22 nitrogen and oxygen atoms in total. The second-order valence-electron chi connectivity index (χ2n) is 18.7. The lowest BCUT2D eigenvalue weighted by atomic mass is 10.1. The van der Waals surface area contributed by atoms with E-state index in [1.54, 1.807) is 114 Å². The Hall–Kier alpha value is -6.94. The zero-order valence-corrected chi connectivity index (χ0v) is 40.9. The average molecular weight is 981 g/mol. The number of hydrogen-bond donors (Lipinski definition) is 2. The first-order valence-electron chi connectivity index (χ1n) is 22.7. The van der Waals surface area contributed by atoms with Crippen molar-refractivity contribution in [3.05, 3.63) is 71.8 Å². The highest BCUT2D eigenvalue weighted by molar-refractivity contribution is 6.00. The summed E-state index contributed by atoms with van der Waals surface area (Å²) in [5.74, 6) is -6.24. The van der Waals surface area contributed by atoms with Crippen LogP contribution in [0.15, 0.2) is 60.7 Å². The molecule has 2 saturated heterocycles. The third-order valence-electron chi connectivity index (χ3n) is 10.8. The number of alkyl carbamates (subject to hydrolysis) is 2. The number of benzene rings is 2. The second-order valence-corrected chi connectivity index (χ2v) is 18.7. The first kappa shape index (κ1) is 55.7. The molecule has 4 rings (SSSR count). The van der Waals surface area contributed by atoms with Crippen molar-refractivity contribution in [2.75, 3.05) is 39.6 Å². The van der Waals surface area contributed by atoms with E-state index in [2.05, 4.69) is 10.6 Å². The van der Waals surface area contributed by atoms with Gasteiger partial charge in [0.1, 0.15) is 36.5 Å². The van der Waals surface area contributed by atoms with Gasteiger partial charge in [0.05, 0.1) is 26.2 Å². The van der Waals surface area contributed by atoms with Gasteiger partial charge < -0.3 is 39.1 Å². The number of imide groups is 2. The van der Waals surface area contributed by atoms with Gasteiger partial charge in [-0.05, 0) is 79.4 Å². The summed E-state index contributed by atoms with van der Waals surface area (Å²) in [5, 5.41) is 4.76. The molecule has 2 aliphatic rings. The predicted octanol–water partition coefficient (Wildman–Crippen LogP) is 2.94. The van der Waals surface area contributed by atoms with Crippen molar-refractivity contribution < 1.29 is 76.4 Å². The largest absolute Gasteiger partial charge is 0.461 e. The minimum absolute atomic E-state index is 0.00653. The molecule has 382 valence electrons. The van der Waals surface area contributed by atoms with Crippen molar-refractivity contribution in [2.45, 2.75) is 130 Å². The lowest BCUT2D eigenvalue weighted by Gasteiger charge is -2.43. The van der Waals surface area contributed by atoms with Gasteiger partial charge in [0.15, 0.2) is 13.5 Å². The van der Waals surface area contributed by atoms with Crippen LogP contribution in [-0.4, -0.2) is 154 Å². The molecule has 6 amide bonds. The maximum atomic E-state index is 13.3. The van der Waals surface area contributed by atoms with Crippen LogP contribution in [-0.2, 0) is 80.0 Å². The highest BCUT2D eigenvalue weighted by atomic mass is 16.6. The van der Waals surface area contributed by atoms with E-state index in [9.17, 15) is 47.9 Å². The molecule has 2 heterocycles. The number of piperazine rings is 2. The topological polar surface area (TPSA) is 263 Å². The molecule has 2 aromatic rings. The zero-order chi connectivity index (χ0) is 51.8. The van der Waals surface area contributed by atoms with Crippen molar-refractivity contribution in [3.63, 3.8) is 0 Å². The highest BCUT2D eigenvalue weighted by Gasteiger charge is 2.41. The van der Waals surface area contributed by atoms with Gasteiger partial charge in [-0.2, -0.15) is 0 Å². The fourth-order valence-electron chi connectivity index (χ4n) is 6.90. The molecule has 0 saturated carbocycles. The van der Waals surface area contributed by atoms with Crippen LogP contribution in [0.5, 0.6) is 0 Å². The van der Waals surface area contributed by atoms with Crippen LogP contribution in [0.3, 0.4) is 0 Å². The lowest BCUT2D eigenvalue weighted by Crippen LogP contribution is -2.63. The number of nitrogens with zero attached hydrogens (tertiary/aromatic N) is 4. The van der Waals surface area contributed by atoms with E-state index in [4.69, 9.17) is 28.4 Å². The second kappa shape index (κ2) is 25.6. The van der Waals surface area contributed by atoms with E-state index in [1.807, 2.05) is 12.1 Å². The number of amides is 6. The molecule has 2 fully saturated rings. The van der Waals surface area contributed by atoms with Crippen LogP contribution in [0.2, 0.25) is 0 Å². The third kappa shape index (κ3) is 18.5. The van der Waals surface area contributed by atoms with Gasteiger partial charge in [-0.3, -0.25) is 38.6 Å². The summed E-state index contributed by atoms with van der Waals surface area (Å²) in [6.07, 6.45) is -3.00. The zero-order valence-electron chi connectivity index (χ0n) is 40.9. The first-order chi connectivity index (χ1) is 32.9. The Kier molecular flexibility index (Phi) is 20.4. The number of nitrogens with one attached hydrogen (secondary N) is 2. The Morgan fingerprint density at radius 1 is 0.514 bits per heavy atom. The molecule has 0 spiro atoms. The average Bonchev–Trinajstić information content (AvgIpc) is 3.28. The van der Waals surface area contributed by atoms with Crippen molar-refractivity contribution in [3.8, 4) is 0 Å². The number of hydrogen-bond acceptors (Lipinski definition) is 18. The molecular weight excluding hydrogens is 917 g/mol. The van der Waals surface area contributed by atoms with E-state index >= 15 is 0 Å². The van der Waals surface area contributed by atoms with Gasteiger partial charge in [-0.1, -0.05) is 60.7 Å². The molecule has 4 atom stereocenters. The van der Waals surface area contributed by atoms with Crippen LogP contribution < -0.4 is 10.6 Å². The molecule has 2 aliphatic heterocycles. The maximum Gasteiger partial charge on any atom is 0.408 e. The smallest absolute Gasteiger partial charge is 0.408 e. The predicted molar refractivity (Wildman–Crippen MR) is 245 cm³/mol. The number of carbonyl (C=O) groups excluding carboxylic acids is 10. The van der Waals surface area contributed by atoms with Crippen LogP contribution in [0.25, 0.3) is 0 Å². The van der Waals surface area contributed by atoms with Crippen LogP contribution in [0.4, 0.5) is 9.59 Å². The number of ether oxygens (including phenoxy) is 6. The van der Waals surface area contributed by atoms with E-state index in [0.29, 0.717) is 0 Å². The minimum atomic E-state index is -1.41. The van der Waals surface area contributed by atoms with Gasteiger partial charge >= 0.3 is 36.1 Å². The molecule has 0 aliphatic carbocycles. The Morgan fingerprint density at radius 2 is 0.829 bits per heavy atom. The lowest BCUT2D eigenvalue weighted by molar-refractivity contribution is -0.170. The molecule has 4 unspecified atom stereocenters. The Labute approximate surface area is 406 Å². The van der Waals surface area contributed by atoms with Crippen LogP contribution in [0.1, 0.15) is 92.2 Å².